The fourth-order valence-electron chi connectivity index (χ4n) is 4.68. The lowest BCUT2D eigenvalue weighted by Crippen LogP contribution is -2.69. The second kappa shape index (κ2) is 5.34. The van der Waals surface area contributed by atoms with Crippen LogP contribution in [0.2, 0.25) is 0 Å². The molecule has 2 saturated carbocycles. The van der Waals surface area contributed by atoms with E-state index in [0.717, 1.165) is 31.9 Å². The number of aliphatic hydroxyl groups is 1. The van der Waals surface area contributed by atoms with Gasteiger partial charge >= 0.3 is 0 Å². The zero-order valence-electron chi connectivity index (χ0n) is 12.4. The van der Waals surface area contributed by atoms with Gasteiger partial charge in [0, 0.05) is 24.0 Å². The quantitative estimate of drug-likeness (QED) is 0.824. The van der Waals surface area contributed by atoms with Crippen LogP contribution in [0.25, 0.3) is 0 Å². The van der Waals surface area contributed by atoms with Gasteiger partial charge in [-0.15, -0.1) is 0 Å². The van der Waals surface area contributed by atoms with Crippen molar-refractivity contribution in [3.63, 3.8) is 0 Å². The molecule has 5 unspecified atom stereocenters. The minimum atomic E-state index is -0.0549. The molecule has 3 fully saturated rings. The van der Waals surface area contributed by atoms with E-state index >= 15 is 0 Å². The molecule has 0 spiro atoms. The molecule has 0 aromatic carbocycles. The van der Waals surface area contributed by atoms with Gasteiger partial charge in [0.2, 0.25) is 0 Å². The molecule has 3 rings (SSSR count). The van der Waals surface area contributed by atoms with Crippen molar-refractivity contribution < 1.29 is 9.84 Å². The van der Waals surface area contributed by atoms with Gasteiger partial charge in [-0.3, -0.25) is 0 Å². The molecule has 0 aromatic heterocycles. The Morgan fingerprint density at radius 2 is 2.05 bits per heavy atom. The Morgan fingerprint density at radius 3 is 2.84 bits per heavy atom. The minimum Gasteiger partial charge on any atom is -0.393 e. The lowest BCUT2D eigenvalue weighted by atomic mass is 9.55. The van der Waals surface area contributed by atoms with Gasteiger partial charge < -0.3 is 15.2 Å². The third kappa shape index (κ3) is 2.57. The second-order valence-electron chi connectivity index (χ2n) is 7.49. The van der Waals surface area contributed by atoms with Gasteiger partial charge in [0.05, 0.1) is 12.2 Å². The van der Waals surface area contributed by atoms with Crippen LogP contribution in [0, 0.1) is 17.3 Å². The van der Waals surface area contributed by atoms with Crippen molar-refractivity contribution in [1.29, 1.82) is 0 Å². The van der Waals surface area contributed by atoms with Crippen LogP contribution in [0.15, 0.2) is 0 Å². The van der Waals surface area contributed by atoms with Gasteiger partial charge in [0.1, 0.15) is 0 Å². The van der Waals surface area contributed by atoms with E-state index in [0.29, 0.717) is 18.1 Å². The summed E-state index contributed by atoms with van der Waals surface area (Å²) in [7, 11) is 0. The molecule has 19 heavy (non-hydrogen) atoms. The fourth-order valence-corrected chi connectivity index (χ4v) is 4.68. The molecule has 5 atom stereocenters. The smallest absolute Gasteiger partial charge is 0.0684 e. The van der Waals surface area contributed by atoms with Crippen molar-refractivity contribution >= 4 is 0 Å². The van der Waals surface area contributed by atoms with Gasteiger partial charge in [-0.1, -0.05) is 20.3 Å². The van der Waals surface area contributed by atoms with Gasteiger partial charge in [-0.2, -0.15) is 0 Å². The molecular weight excluding hydrogens is 238 g/mol. The lowest BCUT2D eigenvalue weighted by molar-refractivity contribution is -0.193. The van der Waals surface area contributed by atoms with E-state index < -0.39 is 0 Å². The highest BCUT2D eigenvalue weighted by Crippen LogP contribution is 2.51. The third-order valence-electron chi connectivity index (χ3n) is 5.71. The molecule has 3 heteroatoms. The summed E-state index contributed by atoms with van der Waals surface area (Å²) in [6.07, 6.45) is 7.42. The maximum absolute atomic E-state index is 9.76. The summed E-state index contributed by atoms with van der Waals surface area (Å²) in [5.74, 6) is 1.39. The van der Waals surface area contributed by atoms with E-state index in [-0.39, 0.29) is 11.5 Å². The first-order valence-corrected chi connectivity index (χ1v) is 8.12. The summed E-state index contributed by atoms with van der Waals surface area (Å²) >= 11 is 0. The molecule has 2 N–H and O–H groups in total. The molecule has 1 heterocycles. The average Bonchev–Trinajstić information content (AvgIpc) is 2.39. The van der Waals surface area contributed by atoms with E-state index in [1.165, 1.54) is 25.7 Å². The topological polar surface area (TPSA) is 41.5 Å². The van der Waals surface area contributed by atoms with Crippen LogP contribution < -0.4 is 5.32 Å². The molecule has 0 radical (unpaired) electrons. The SMILES string of the molecule is CC1(C)C(NCC2CCCC(O)C2)C2CCCOC21. The normalized spacial score (nSPS) is 45.3. The summed E-state index contributed by atoms with van der Waals surface area (Å²) in [4.78, 5) is 0. The highest BCUT2D eigenvalue weighted by atomic mass is 16.5. The van der Waals surface area contributed by atoms with Crippen LogP contribution in [-0.2, 0) is 4.74 Å². The first-order chi connectivity index (χ1) is 9.09. The van der Waals surface area contributed by atoms with Crippen molar-refractivity contribution in [1.82, 2.24) is 5.32 Å². The maximum Gasteiger partial charge on any atom is 0.0684 e. The van der Waals surface area contributed by atoms with Crippen molar-refractivity contribution in [3.05, 3.63) is 0 Å². The van der Waals surface area contributed by atoms with Crippen LogP contribution in [0.1, 0.15) is 52.4 Å². The zero-order valence-corrected chi connectivity index (χ0v) is 12.4. The Balaban J connectivity index is 1.52. The summed E-state index contributed by atoms with van der Waals surface area (Å²) in [6, 6.07) is 0.608. The molecule has 0 amide bonds. The lowest BCUT2D eigenvalue weighted by Gasteiger charge is -2.60. The number of nitrogens with one attached hydrogen (secondary N) is 1. The number of hydrogen-bond donors (Lipinski definition) is 2. The van der Waals surface area contributed by atoms with Crippen molar-refractivity contribution in [3.8, 4) is 0 Å². The van der Waals surface area contributed by atoms with E-state index in [1.807, 2.05) is 0 Å². The monoisotopic (exact) mass is 267 g/mol. The van der Waals surface area contributed by atoms with Crippen LogP contribution in [0.5, 0.6) is 0 Å². The summed E-state index contributed by atoms with van der Waals surface area (Å²) in [6.45, 7) is 6.71. The standard InChI is InChI=1S/C16H29NO2/c1-16(2)14(13-7-4-8-19-15(13)16)17-10-11-5-3-6-12(18)9-11/h11-15,17-18H,3-10H2,1-2H3. The second-order valence-corrected chi connectivity index (χ2v) is 7.49. The minimum absolute atomic E-state index is 0.0549. The Morgan fingerprint density at radius 1 is 1.21 bits per heavy atom. The highest BCUT2D eigenvalue weighted by Gasteiger charge is 2.57. The molecule has 2 aliphatic carbocycles. The van der Waals surface area contributed by atoms with Crippen LogP contribution >= 0.6 is 0 Å². The van der Waals surface area contributed by atoms with Gasteiger partial charge in [0.15, 0.2) is 0 Å². The maximum atomic E-state index is 9.76. The van der Waals surface area contributed by atoms with E-state index in [9.17, 15) is 5.11 Å². The number of ether oxygens (including phenoxy) is 1. The van der Waals surface area contributed by atoms with Crippen LogP contribution in [-0.4, -0.2) is 36.5 Å². The van der Waals surface area contributed by atoms with Gasteiger partial charge in [-0.05, 0) is 44.6 Å². The largest absolute Gasteiger partial charge is 0.393 e. The van der Waals surface area contributed by atoms with Gasteiger partial charge in [0.25, 0.3) is 0 Å². The predicted octanol–water partition coefficient (Wildman–Crippen LogP) is 2.33. The Bertz CT molecular complexity index is 318. The molecule has 1 saturated heterocycles. The van der Waals surface area contributed by atoms with Crippen molar-refractivity contribution in [2.24, 2.45) is 17.3 Å². The number of hydrogen-bond acceptors (Lipinski definition) is 3. The summed E-state index contributed by atoms with van der Waals surface area (Å²) in [5, 5.41) is 13.6. The molecule has 1 aliphatic heterocycles. The van der Waals surface area contributed by atoms with E-state index in [4.69, 9.17) is 4.74 Å². The van der Waals surface area contributed by atoms with Crippen molar-refractivity contribution in [2.45, 2.75) is 70.6 Å². The molecule has 0 aromatic rings. The number of aliphatic hydroxyl groups excluding tert-OH is 1. The molecule has 0 bridgehead atoms. The molecule has 3 aliphatic rings. The zero-order chi connectivity index (χ0) is 13.5. The summed E-state index contributed by atoms with van der Waals surface area (Å²) in [5.41, 5.74) is 0.276. The van der Waals surface area contributed by atoms with Crippen LogP contribution in [0.3, 0.4) is 0 Å². The Hall–Kier alpha value is -0.120. The predicted molar refractivity (Wildman–Crippen MR) is 76.0 cm³/mol. The third-order valence-corrected chi connectivity index (χ3v) is 5.71. The Labute approximate surface area is 117 Å². The van der Waals surface area contributed by atoms with Crippen LogP contribution in [0.4, 0.5) is 0 Å². The highest BCUT2D eigenvalue weighted by molar-refractivity contribution is 5.10. The Kier molecular flexibility index (Phi) is 3.89. The number of rotatable bonds is 3. The average molecular weight is 267 g/mol. The first-order valence-electron chi connectivity index (χ1n) is 8.12. The first kappa shape index (κ1) is 13.8. The summed E-state index contributed by atoms with van der Waals surface area (Å²) < 4.78 is 5.95. The van der Waals surface area contributed by atoms with E-state index in [2.05, 4.69) is 19.2 Å². The number of fused-ring (bicyclic) bond motifs is 1. The van der Waals surface area contributed by atoms with Gasteiger partial charge in [-0.25, -0.2) is 0 Å². The molecule has 3 nitrogen and oxygen atoms in total. The fraction of sp³-hybridized carbons (Fsp3) is 1.00. The molecular formula is C16H29NO2. The molecule has 110 valence electrons. The van der Waals surface area contributed by atoms with E-state index in [1.54, 1.807) is 0 Å². The van der Waals surface area contributed by atoms with Crippen molar-refractivity contribution in [2.75, 3.05) is 13.2 Å².